The lowest BCUT2D eigenvalue weighted by Gasteiger charge is -2.06. The predicted octanol–water partition coefficient (Wildman–Crippen LogP) is 3.13. The van der Waals surface area contributed by atoms with E-state index in [4.69, 9.17) is 9.88 Å². The molecule has 2 heterocycles. The maximum Gasteiger partial charge on any atom is 0.238 e. The average molecular weight is 346 g/mol. The van der Waals surface area contributed by atoms with Crippen LogP contribution < -0.4 is 9.88 Å². The van der Waals surface area contributed by atoms with E-state index in [1.165, 1.54) is 12.1 Å². The first kappa shape index (κ1) is 15.7. The van der Waals surface area contributed by atoms with Gasteiger partial charge in [-0.2, -0.15) is 11.3 Å². The standard InChI is InChI=1S/C16H14N2O3S2/c1-21-16-7-4-12(8-18-16)15-10-22-9-14(15)11-2-5-13(6-3-11)23(17,19)20/h2-10H,1H3,(H2,17,19,20). The summed E-state index contributed by atoms with van der Waals surface area (Å²) in [6, 6.07) is 10.3. The predicted molar refractivity (Wildman–Crippen MR) is 90.9 cm³/mol. The summed E-state index contributed by atoms with van der Waals surface area (Å²) in [7, 11) is -2.11. The van der Waals surface area contributed by atoms with Gasteiger partial charge in [0.05, 0.1) is 12.0 Å². The number of primary sulfonamides is 1. The Morgan fingerprint density at radius 1 is 1.00 bits per heavy atom. The summed E-state index contributed by atoms with van der Waals surface area (Å²) in [4.78, 5) is 4.32. The van der Waals surface area contributed by atoms with Gasteiger partial charge in [-0.25, -0.2) is 18.5 Å². The molecule has 0 saturated carbocycles. The normalized spacial score (nSPS) is 11.4. The minimum Gasteiger partial charge on any atom is -0.481 e. The zero-order chi connectivity index (χ0) is 16.4. The monoisotopic (exact) mass is 346 g/mol. The second-order valence-electron chi connectivity index (χ2n) is 4.86. The minimum atomic E-state index is -3.68. The number of nitrogens with two attached hydrogens (primary N) is 1. The molecule has 118 valence electrons. The van der Waals surface area contributed by atoms with Crippen LogP contribution in [-0.2, 0) is 10.0 Å². The van der Waals surface area contributed by atoms with E-state index in [0.29, 0.717) is 5.88 Å². The molecule has 3 rings (SSSR count). The second-order valence-corrected chi connectivity index (χ2v) is 7.16. The highest BCUT2D eigenvalue weighted by Gasteiger charge is 2.12. The SMILES string of the molecule is COc1ccc(-c2cscc2-c2ccc(S(N)(=O)=O)cc2)cn1. The quantitative estimate of drug-likeness (QED) is 0.787. The van der Waals surface area contributed by atoms with Crippen LogP contribution >= 0.6 is 11.3 Å². The van der Waals surface area contributed by atoms with Crippen molar-refractivity contribution in [3.8, 4) is 28.1 Å². The molecule has 0 fully saturated rings. The van der Waals surface area contributed by atoms with Crippen LogP contribution in [0.2, 0.25) is 0 Å². The summed E-state index contributed by atoms with van der Waals surface area (Å²) in [5.74, 6) is 0.558. The number of aromatic nitrogens is 1. The molecule has 0 aliphatic rings. The second kappa shape index (κ2) is 6.11. The van der Waals surface area contributed by atoms with Crippen molar-refractivity contribution in [2.45, 2.75) is 4.90 Å². The zero-order valence-electron chi connectivity index (χ0n) is 12.3. The Hall–Kier alpha value is -2.22. The van der Waals surface area contributed by atoms with Crippen molar-refractivity contribution in [3.05, 3.63) is 53.4 Å². The van der Waals surface area contributed by atoms with Gasteiger partial charge in [0.1, 0.15) is 0 Å². The first-order valence-corrected chi connectivity index (χ1v) is 9.18. The highest BCUT2D eigenvalue weighted by Crippen LogP contribution is 2.35. The molecule has 0 spiro atoms. The van der Waals surface area contributed by atoms with E-state index in [1.807, 2.05) is 16.8 Å². The molecule has 0 bridgehead atoms. The summed E-state index contributed by atoms with van der Waals surface area (Å²) in [5.41, 5.74) is 3.94. The van der Waals surface area contributed by atoms with Gasteiger partial charge in [-0.15, -0.1) is 0 Å². The van der Waals surface area contributed by atoms with Gasteiger partial charge in [0.25, 0.3) is 0 Å². The molecule has 23 heavy (non-hydrogen) atoms. The number of thiophene rings is 1. The van der Waals surface area contributed by atoms with E-state index in [1.54, 1.807) is 42.8 Å². The molecule has 7 heteroatoms. The first-order chi connectivity index (χ1) is 11.0. The van der Waals surface area contributed by atoms with Crippen LogP contribution in [0.3, 0.4) is 0 Å². The molecular formula is C16H14N2O3S2. The number of sulfonamides is 1. The third-order valence-electron chi connectivity index (χ3n) is 3.41. The van der Waals surface area contributed by atoms with Crippen molar-refractivity contribution in [2.24, 2.45) is 5.14 Å². The number of nitrogens with zero attached hydrogens (tertiary/aromatic N) is 1. The zero-order valence-corrected chi connectivity index (χ0v) is 13.9. The lowest BCUT2D eigenvalue weighted by atomic mass is 10.0. The van der Waals surface area contributed by atoms with Crippen LogP contribution in [0, 0.1) is 0 Å². The molecule has 1 aromatic carbocycles. The summed E-state index contributed by atoms with van der Waals surface area (Å²) in [6.45, 7) is 0. The van der Waals surface area contributed by atoms with Crippen LogP contribution in [-0.4, -0.2) is 20.5 Å². The van der Waals surface area contributed by atoms with Gasteiger partial charge in [0.2, 0.25) is 15.9 Å². The molecule has 3 aromatic rings. The molecule has 0 amide bonds. The van der Waals surface area contributed by atoms with Gasteiger partial charge < -0.3 is 4.74 Å². The molecule has 0 aliphatic heterocycles. The van der Waals surface area contributed by atoms with Crippen molar-refractivity contribution in [1.29, 1.82) is 0 Å². The summed E-state index contributed by atoms with van der Waals surface area (Å²) in [5, 5.41) is 9.18. The minimum absolute atomic E-state index is 0.101. The van der Waals surface area contributed by atoms with E-state index < -0.39 is 10.0 Å². The van der Waals surface area contributed by atoms with Gasteiger partial charge in [-0.05, 0) is 34.5 Å². The van der Waals surface area contributed by atoms with Crippen LogP contribution in [0.1, 0.15) is 0 Å². The van der Waals surface area contributed by atoms with Gasteiger partial charge in [0, 0.05) is 29.0 Å². The lowest BCUT2D eigenvalue weighted by Crippen LogP contribution is -2.11. The number of pyridine rings is 1. The highest BCUT2D eigenvalue weighted by molar-refractivity contribution is 7.89. The van der Waals surface area contributed by atoms with Crippen LogP contribution in [0.4, 0.5) is 0 Å². The van der Waals surface area contributed by atoms with Crippen LogP contribution in [0.15, 0.2) is 58.3 Å². The maximum atomic E-state index is 11.3. The number of rotatable bonds is 4. The van der Waals surface area contributed by atoms with E-state index in [9.17, 15) is 8.42 Å². The van der Waals surface area contributed by atoms with E-state index in [0.717, 1.165) is 22.3 Å². The molecule has 5 nitrogen and oxygen atoms in total. The summed E-state index contributed by atoms with van der Waals surface area (Å²) < 4.78 is 27.7. The van der Waals surface area contributed by atoms with Gasteiger partial charge in [0.15, 0.2) is 0 Å². The number of hydrogen-bond acceptors (Lipinski definition) is 5. The Kier molecular flexibility index (Phi) is 4.16. The Morgan fingerprint density at radius 3 is 2.13 bits per heavy atom. The van der Waals surface area contributed by atoms with Crippen molar-refractivity contribution < 1.29 is 13.2 Å². The molecule has 0 saturated heterocycles. The third-order valence-corrected chi connectivity index (χ3v) is 5.09. The number of hydrogen-bond donors (Lipinski definition) is 1. The largest absolute Gasteiger partial charge is 0.481 e. The molecule has 2 N–H and O–H groups in total. The fraction of sp³-hybridized carbons (Fsp3) is 0.0625. The maximum absolute atomic E-state index is 11.3. The Labute approximate surface area is 138 Å². The Morgan fingerprint density at radius 2 is 1.61 bits per heavy atom. The van der Waals surface area contributed by atoms with Crippen molar-refractivity contribution in [3.63, 3.8) is 0 Å². The van der Waals surface area contributed by atoms with E-state index in [-0.39, 0.29) is 4.90 Å². The molecule has 2 aromatic heterocycles. The summed E-state index contributed by atoms with van der Waals surface area (Å²) in [6.07, 6.45) is 1.75. The Bertz CT molecular complexity index is 915. The molecule has 0 aliphatic carbocycles. The van der Waals surface area contributed by atoms with E-state index >= 15 is 0 Å². The molecule has 0 unspecified atom stereocenters. The van der Waals surface area contributed by atoms with Crippen LogP contribution in [0.25, 0.3) is 22.3 Å². The lowest BCUT2D eigenvalue weighted by molar-refractivity contribution is 0.398. The van der Waals surface area contributed by atoms with Crippen molar-refractivity contribution in [2.75, 3.05) is 7.11 Å². The van der Waals surface area contributed by atoms with Crippen LogP contribution in [0.5, 0.6) is 5.88 Å². The van der Waals surface area contributed by atoms with Crippen molar-refractivity contribution in [1.82, 2.24) is 4.98 Å². The summed E-state index contributed by atoms with van der Waals surface area (Å²) >= 11 is 1.57. The fourth-order valence-corrected chi connectivity index (χ4v) is 3.61. The molecule has 0 atom stereocenters. The highest BCUT2D eigenvalue weighted by atomic mass is 32.2. The first-order valence-electron chi connectivity index (χ1n) is 6.69. The third kappa shape index (κ3) is 3.26. The van der Waals surface area contributed by atoms with Gasteiger partial charge >= 0.3 is 0 Å². The molecular weight excluding hydrogens is 332 g/mol. The smallest absolute Gasteiger partial charge is 0.238 e. The topological polar surface area (TPSA) is 82.3 Å². The van der Waals surface area contributed by atoms with Gasteiger partial charge in [-0.3, -0.25) is 0 Å². The number of methoxy groups -OCH3 is 1. The van der Waals surface area contributed by atoms with Gasteiger partial charge in [-0.1, -0.05) is 12.1 Å². The fourth-order valence-electron chi connectivity index (χ4n) is 2.23. The average Bonchev–Trinajstić information content (AvgIpc) is 3.04. The van der Waals surface area contributed by atoms with E-state index in [2.05, 4.69) is 4.98 Å². The number of benzene rings is 1. The Balaban J connectivity index is 2.00. The van der Waals surface area contributed by atoms with Crippen molar-refractivity contribution >= 4 is 21.4 Å². The number of ether oxygens (including phenoxy) is 1. The molecule has 0 radical (unpaired) electrons.